The number of amidine groups is 1. The number of carbonyl (C=O) groups excluding carboxylic acids is 2. The number of thioether (sulfide) groups is 1. The quantitative estimate of drug-likeness (QED) is 0.455. The highest BCUT2D eigenvalue weighted by atomic mass is 32.2. The van der Waals surface area contributed by atoms with Gasteiger partial charge in [0.1, 0.15) is 36.3 Å². The Labute approximate surface area is 204 Å². The van der Waals surface area contributed by atoms with Gasteiger partial charge in [-0.1, -0.05) is 36.4 Å². The standard InChI is InChI=1S/C26H20F2N2O4S/c1-16(31)29-26-30-25(32)24(35-26)12-17-10-11-20(33-14-18-6-2-4-8-21(18)27)13-23(17)34-15-19-7-3-5-9-22(19)28/h2-13H,14-15H2,1H3,(H,29,30,31,32)/b24-12-. The number of aliphatic imine (C=N–C) groups is 1. The van der Waals surface area contributed by atoms with Gasteiger partial charge < -0.3 is 14.8 Å². The van der Waals surface area contributed by atoms with Crippen molar-refractivity contribution in [2.24, 2.45) is 4.99 Å². The van der Waals surface area contributed by atoms with Gasteiger partial charge in [0, 0.05) is 29.7 Å². The molecule has 0 aliphatic carbocycles. The lowest BCUT2D eigenvalue weighted by Gasteiger charge is -2.13. The van der Waals surface area contributed by atoms with Crippen LogP contribution in [0.5, 0.6) is 11.5 Å². The van der Waals surface area contributed by atoms with Crippen LogP contribution in [0.2, 0.25) is 0 Å². The maximum atomic E-state index is 14.1. The van der Waals surface area contributed by atoms with E-state index in [0.29, 0.717) is 28.2 Å². The first-order chi connectivity index (χ1) is 16.9. The number of hydrogen-bond donors (Lipinski definition) is 1. The fourth-order valence-corrected chi connectivity index (χ4v) is 4.00. The van der Waals surface area contributed by atoms with Gasteiger partial charge in [0.2, 0.25) is 5.91 Å². The number of carbonyl (C=O) groups is 2. The Balaban J connectivity index is 1.58. The number of amides is 2. The fraction of sp³-hybridized carbons (Fsp3) is 0.115. The minimum absolute atomic E-state index is 0.00210. The molecule has 1 heterocycles. The molecule has 3 aromatic rings. The van der Waals surface area contributed by atoms with E-state index in [9.17, 15) is 18.4 Å². The highest BCUT2D eigenvalue weighted by molar-refractivity contribution is 8.18. The number of nitrogens with zero attached hydrogens (tertiary/aromatic N) is 1. The summed E-state index contributed by atoms with van der Waals surface area (Å²) < 4.78 is 39.7. The molecule has 4 rings (SSSR count). The highest BCUT2D eigenvalue weighted by Crippen LogP contribution is 2.33. The van der Waals surface area contributed by atoms with E-state index >= 15 is 0 Å². The number of benzene rings is 3. The monoisotopic (exact) mass is 494 g/mol. The minimum atomic E-state index is -0.501. The highest BCUT2D eigenvalue weighted by Gasteiger charge is 2.23. The van der Waals surface area contributed by atoms with Crippen molar-refractivity contribution in [3.8, 4) is 11.5 Å². The van der Waals surface area contributed by atoms with Gasteiger partial charge in [-0.15, -0.1) is 0 Å². The maximum Gasteiger partial charge on any atom is 0.286 e. The van der Waals surface area contributed by atoms with Gasteiger partial charge in [-0.05, 0) is 42.1 Å². The third-order valence-corrected chi connectivity index (χ3v) is 5.77. The van der Waals surface area contributed by atoms with Crippen LogP contribution in [-0.4, -0.2) is 17.0 Å². The molecule has 0 unspecified atom stereocenters. The smallest absolute Gasteiger partial charge is 0.286 e. The largest absolute Gasteiger partial charge is 0.489 e. The molecule has 0 spiro atoms. The molecule has 6 nitrogen and oxygen atoms in total. The van der Waals surface area contributed by atoms with Gasteiger partial charge in [0.15, 0.2) is 5.17 Å². The van der Waals surface area contributed by atoms with E-state index in [1.807, 2.05) is 0 Å². The summed E-state index contributed by atoms with van der Waals surface area (Å²) in [5, 5.41) is 2.68. The zero-order chi connectivity index (χ0) is 24.8. The predicted molar refractivity (Wildman–Crippen MR) is 130 cm³/mol. The summed E-state index contributed by atoms with van der Waals surface area (Å²) in [5.74, 6) is -0.896. The topological polar surface area (TPSA) is 77.0 Å². The SMILES string of the molecule is CC(=O)NC1=NC(=O)/C(=C/c2ccc(OCc3ccccc3F)cc2OCc2ccccc2F)S1. The first-order valence-corrected chi connectivity index (χ1v) is 11.4. The van der Waals surface area contributed by atoms with Crippen molar-refractivity contribution in [2.45, 2.75) is 20.1 Å². The minimum Gasteiger partial charge on any atom is -0.489 e. The van der Waals surface area contributed by atoms with Crippen molar-refractivity contribution < 1.29 is 27.8 Å². The lowest BCUT2D eigenvalue weighted by Crippen LogP contribution is -2.23. The molecule has 35 heavy (non-hydrogen) atoms. The van der Waals surface area contributed by atoms with Crippen molar-refractivity contribution in [1.29, 1.82) is 0 Å². The Morgan fingerprint density at radius 1 is 0.971 bits per heavy atom. The first kappa shape index (κ1) is 24.2. The molecule has 178 valence electrons. The number of nitrogens with one attached hydrogen (secondary N) is 1. The van der Waals surface area contributed by atoms with Crippen LogP contribution < -0.4 is 14.8 Å². The summed E-state index contributed by atoms with van der Waals surface area (Å²) in [6, 6.07) is 17.4. The molecule has 1 N–H and O–H groups in total. The molecule has 0 atom stereocenters. The summed E-state index contributed by atoms with van der Waals surface area (Å²) in [6.45, 7) is 1.26. The fourth-order valence-electron chi connectivity index (χ4n) is 3.15. The number of ether oxygens (including phenoxy) is 2. The Morgan fingerprint density at radius 3 is 2.23 bits per heavy atom. The molecule has 0 aromatic heterocycles. The van der Waals surface area contributed by atoms with Crippen LogP contribution >= 0.6 is 11.8 Å². The third-order valence-electron chi connectivity index (χ3n) is 4.87. The van der Waals surface area contributed by atoms with Crippen LogP contribution in [0.1, 0.15) is 23.6 Å². The first-order valence-electron chi connectivity index (χ1n) is 10.6. The summed E-state index contributed by atoms with van der Waals surface area (Å²) in [7, 11) is 0. The van der Waals surface area contributed by atoms with Crippen molar-refractivity contribution >= 4 is 34.8 Å². The van der Waals surface area contributed by atoms with E-state index in [-0.39, 0.29) is 35.0 Å². The Hall–Kier alpha value is -3.98. The van der Waals surface area contributed by atoms with Gasteiger partial charge in [0.25, 0.3) is 5.91 Å². The number of halogens is 2. The normalized spacial score (nSPS) is 14.1. The molecular weight excluding hydrogens is 474 g/mol. The van der Waals surface area contributed by atoms with Crippen LogP contribution in [0.4, 0.5) is 8.78 Å². The van der Waals surface area contributed by atoms with E-state index < -0.39 is 11.7 Å². The molecule has 0 saturated carbocycles. The van der Waals surface area contributed by atoms with Crippen molar-refractivity contribution in [2.75, 3.05) is 0 Å². The Kier molecular flexibility index (Phi) is 7.57. The Bertz CT molecular complexity index is 1340. The third kappa shape index (κ3) is 6.33. The van der Waals surface area contributed by atoms with Crippen molar-refractivity contribution in [3.63, 3.8) is 0 Å². The van der Waals surface area contributed by atoms with Gasteiger partial charge >= 0.3 is 0 Å². The molecule has 2 amide bonds. The van der Waals surface area contributed by atoms with Crippen LogP contribution in [0.15, 0.2) is 76.6 Å². The molecular formula is C26H20F2N2O4S. The van der Waals surface area contributed by atoms with Crippen LogP contribution in [-0.2, 0) is 22.8 Å². The molecule has 9 heteroatoms. The van der Waals surface area contributed by atoms with Crippen molar-refractivity contribution in [1.82, 2.24) is 5.32 Å². The maximum absolute atomic E-state index is 14.1. The molecule has 0 radical (unpaired) electrons. The second kappa shape index (κ2) is 11.0. The average molecular weight is 495 g/mol. The number of rotatable bonds is 7. The second-order valence-electron chi connectivity index (χ2n) is 7.47. The molecule has 0 fully saturated rings. The van der Waals surface area contributed by atoms with Gasteiger partial charge in [-0.3, -0.25) is 9.59 Å². The molecule has 0 saturated heterocycles. The zero-order valence-electron chi connectivity index (χ0n) is 18.6. The molecule has 1 aliphatic heterocycles. The molecule has 1 aliphatic rings. The lowest BCUT2D eigenvalue weighted by atomic mass is 10.1. The second-order valence-corrected chi connectivity index (χ2v) is 8.50. The molecule has 0 bridgehead atoms. The van der Waals surface area contributed by atoms with E-state index in [2.05, 4.69) is 10.3 Å². The Morgan fingerprint density at radius 2 is 1.60 bits per heavy atom. The predicted octanol–water partition coefficient (Wildman–Crippen LogP) is 5.23. The molecule has 3 aromatic carbocycles. The lowest BCUT2D eigenvalue weighted by molar-refractivity contribution is -0.117. The summed E-state index contributed by atoms with van der Waals surface area (Å²) in [6.07, 6.45) is 1.57. The van der Waals surface area contributed by atoms with Crippen molar-refractivity contribution in [3.05, 3.63) is 100.0 Å². The average Bonchev–Trinajstić information content (AvgIpc) is 3.16. The zero-order valence-corrected chi connectivity index (χ0v) is 19.4. The summed E-state index contributed by atoms with van der Waals surface area (Å²) in [4.78, 5) is 27.7. The number of hydrogen-bond acceptors (Lipinski definition) is 5. The van der Waals surface area contributed by atoms with E-state index in [0.717, 1.165) is 11.8 Å². The van der Waals surface area contributed by atoms with E-state index in [1.165, 1.54) is 19.1 Å². The van der Waals surface area contributed by atoms with Crippen LogP contribution in [0.25, 0.3) is 6.08 Å². The van der Waals surface area contributed by atoms with Gasteiger partial charge in [-0.25, -0.2) is 8.78 Å². The van der Waals surface area contributed by atoms with Crippen LogP contribution in [0.3, 0.4) is 0 Å². The van der Waals surface area contributed by atoms with E-state index in [4.69, 9.17) is 9.47 Å². The van der Waals surface area contributed by atoms with Gasteiger partial charge in [-0.2, -0.15) is 4.99 Å². The van der Waals surface area contributed by atoms with E-state index in [1.54, 1.807) is 60.7 Å². The van der Waals surface area contributed by atoms with Crippen LogP contribution in [0, 0.1) is 11.6 Å². The summed E-state index contributed by atoms with van der Waals surface area (Å²) >= 11 is 1.02. The van der Waals surface area contributed by atoms with Gasteiger partial charge in [0.05, 0.1) is 4.91 Å². The summed E-state index contributed by atoms with van der Waals surface area (Å²) in [5.41, 5.74) is 1.27.